The van der Waals surface area contributed by atoms with Gasteiger partial charge in [-0.15, -0.1) is 0 Å². The Balaban J connectivity index is 1.59. The molecule has 44 heavy (non-hydrogen) atoms. The number of benzene rings is 2. The van der Waals surface area contributed by atoms with Gasteiger partial charge in [0.2, 0.25) is 6.54 Å². The quantitative estimate of drug-likeness (QED) is 0.297. The smallest absolute Gasteiger partial charge is 0.282 e. The summed E-state index contributed by atoms with van der Waals surface area (Å²) in [5.74, 6) is -3.58. The Kier molecular flexibility index (Phi) is 7.74. The van der Waals surface area contributed by atoms with E-state index in [4.69, 9.17) is 22.9 Å². The van der Waals surface area contributed by atoms with Crippen molar-refractivity contribution in [2.75, 3.05) is 57.3 Å². The molecule has 3 aliphatic rings. The van der Waals surface area contributed by atoms with Crippen molar-refractivity contribution in [1.29, 1.82) is 5.26 Å². The molecule has 4 heterocycles. The number of rotatable bonds is 6. The van der Waals surface area contributed by atoms with Crippen LogP contribution < -0.4 is 15.2 Å². The number of piperazine rings is 1. The van der Waals surface area contributed by atoms with Crippen molar-refractivity contribution in [1.82, 2.24) is 14.4 Å². The Morgan fingerprint density at radius 1 is 1.20 bits per heavy atom. The number of amides is 1. The van der Waals surface area contributed by atoms with Gasteiger partial charge in [0.25, 0.3) is 11.5 Å². The summed E-state index contributed by atoms with van der Waals surface area (Å²) in [5.41, 5.74) is -0.0725. The summed E-state index contributed by atoms with van der Waals surface area (Å²) >= 11 is 6.80. The van der Waals surface area contributed by atoms with Crippen molar-refractivity contribution in [2.24, 2.45) is 0 Å². The predicted molar refractivity (Wildman–Crippen MR) is 158 cm³/mol. The summed E-state index contributed by atoms with van der Waals surface area (Å²) in [6, 6.07) is 5.46. The number of carbonyl (C=O) groups is 1. The van der Waals surface area contributed by atoms with E-state index in [0.29, 0.717) is 17.4 Å². The van der Waals surface area contributed by atoms with E-state index in [1.54, 1.807) is 4.90 Å². The predicted octanol–water partition coefficient (Wildman–Crippen LogP) is 4.53. The summed E-state index contributed by atoms with van der Waals surface area (Å²) in [7, 11) is 0. The van der Waals surface area contributed by atoms with Gasteiger partial charge in [0.15, 0.2) is 11.6 Å². The second kappa shape index (κ2) is 11.5. The van der Waals surface area contributed by atoms with Crippen molar-refractivity contribution >= 4 is 34.1 Å². The van der Waals surface area contributed by atoms with E-state index in [-0.39, 0.29) is 65.9 Å². The van der Waals surface area contributed by atoms with Crippen LogP contribution in [0.25, 0.3) is 26.9 Å². The summed E-state index contributed by atoms with van der Waals surface area (Å²) < 4.78 is 50.5. The fourth-order valence-corrected chi connectivity index (χ4v) is 6.65. The normalized spacial score (nSPS) is 19.6. The third-order valence-corrected chi connectivity index (χ3v) is 8.78. The zero-order valence-electron chi connectivity index (χ0n) is 23.5. The number of likely N-dealkylation sites (tertiary alicyclic amines) is 1. The second-order valence-electron chi connectivity index (χ2n) is 11.1. The highest BCUT2D eigenvalue weighted by atomic mass is 35.5. The Bertz CT molecular complexity index is 1860. The number of nitrogens with zero attached hydrogens (tertiary/aromatic N) is 6. The fraction of sp³-hybridized carbons (Fsp3) is 0.355. The van der Waals surface area contributed by atoms with Gasteiger partial charge < -0.3 is 24.3 Å². The molecule has 0 aliphatic carbocycles. The van der Waals surface area contributed by atoms with E-state index in [1.807, 2.05) is 0 Å². The van der Waals surface area contributed by atoms with Gasteiger partial charge in [-0.3, -0.25) is 14.2 Å². The first-order valence-electron chi connectivity index (χ1n) is 14.0. The minimum Gasteiger partial charge on any atom is -0.488 e. The zero-order chi connectivity index (χ0) is 31.3. The molecule has 0 bridgehead atoms. The highest BCUT2D eigenvalue weighted by Crippen LogP contribution is 2.48. The zero-order valence-corrected chi connectivity index (χ0v) is 24.2. The SMILES string of the molecule is [C-]#[N+]C[C@H]1CN(c2c(C#N)c(=O)n3c4c(c(-c5ccc(F)cc5F)c(Cl)cc24)OCC3CN2CCC2)CCN1C(=O)C(=C)F. The standard InChI is InChI=1S/C31H26ClF3N6O3/c1-17(33)30(42)40-9-8-39(15-19(40)13-37-2)27-22-11-24(32)26(21-5-4-18(34)10-25(21)35)29-28(22)41(31(43)23(27)12-36)20(16-44-29)14-38-6-3-7-38/h4-5,10-11,19-20H,1,3,6-9,13-16H2/t19-,20?/m0/s1. The number of carbonyl (C=O) groups excluding carboxylic acids is 1. The third kappa shape index (κ3) is 4.84. The lowest BCUT2D eigenvalue weighted by atomic mass is 9.96. The van der Waals surface area contributed by atoms with Gasteiger partial charge in [-0.2, -0.15) is 5.26 Å². The molecule has 3 aromatic rings. The molecular formula is C31H26ClF3N6O3. The van der Waals surface area contributed by atoms with Gasteiger partial charge in [-0.05, 0) is 37.7 Å². The Hall–Kier alpha value is -4.52. The van der Waals surface area contributed by atoms with Crippen LogP contribution in [0.15, 0.2) is 41.5 Å². The lowest BCUT2D eigenvalue weighted by Crippen LogP contribution is -2.57. The van der Waals surface area contributed by atoms with Crippen LogP contribution in [0, 0.1) is 29.5 Å². The summed E-state index contributed by atoms with van der Waals surface area (Å²) in [5, 5.41) is 10.8. The Morgan fingerprint density at radius 2 is 1.98 bits per heavy atom. The van der Waals surface area contributed by atoms with E-state index in [0.717, 1.165) is 31.6 Å². The molecule has 226 valence electrons. The van der Waals surface area contributed by atoms with Crippen molar-refractivity contribution in [2.45, 2.75) is 18.5 Å². The molecule has 2 saturated heterocycles. The molecule has 3 aliphatic heterocycles. The van der Waals surface area contributed by atoms with Crippen LogP contribution in [-0.2, 0) is 4.79 Å². The highest BCUT2D eigenvalue weighted by molar-refractivity contribution is 6.35. The second-order valence-corrected chi connectivity index (χ2v) is 11.5. The minimum atomic E-state index is -1.15. The monoisotopic (exact) mass is 622 g/mol. The number of halogens is 4. The number of pyridine rings is 1. The summed E-state index contributed by atoms with van der Waals surface area (Å²) in [6.45, 7) is 12.7. The van der Waals surface area contributed by atoms with Gasteiger partial charge >= 0.3 is 0 Å². The van der Waals surface area contributed by atoms with Crippen LogP contribution in [0.1, 0.15) is 18.0 Å². The molecule has 13 heteroatoms. The van der Waals surface area contributed by atoms with E-state index in [1.165, 1.54) is 21.6 Å². The number of hydrogen-bond donors (Lipinski definition) is 0. The largest absolute Gasteiger partial charge is 0.488 e. The minimum absolute atomic E-state index is 0.00492. The van der Waals surface area contributed by atoms with Gasteiger partial charge in [0, 0.05) is 48.8 Å². The molecule has 0 N–H and O–H groups in total. The first kappa shape index (κ1) is 29.5. The van der Waals surface area contributed by atoms with Gasteiger partial charge in [0.05, 0.1) is 22.3 Å². The molecule has 2 fully saturated rings. The molecule has 6 rings (SSSR count). The Morgan fingerprint density at radius 3 is 2.61 bits per heavy atom. The van der Waals surface area contributed by atoms with Crippen LogP contribution in [0.2, 0.25) is 5.02 Å². The van der Waals surface area contributed by atoms with Crippen molar-refractivity contribution in [3.8, 4) is 22.9 Å². The number of ether oxygens (including phenoxy) is 1. The first-order valence-corrected chi connectivity index (χ1v) is 14.4. The fourth-order valence-electron chi connectivity index (χ4n) is 6.35. The maximum atomic E-state index is 15.1. The Labute approximate surface area is 255 Å². The average Bonchev–Trinajstić information content (AvgIpc) is 2.97. The van der Waals surface area contributed by atoms with Crippen LogP contribution in [0.3, 0.4) is 0 Å². The van der Waals surface area contributed by atoms with E-state index in [9.17, 15) is 23.6 Å². The van der Waals surface area contributed by atoms with Crippen molar-refractivity contribution in [3.63, 3.8) is 0 Å². The summed E-state index contributed by atoms with van der Waals surface area (Å²) in [6.07, 6.45) is 1.02. The maximum Gasteiger partial charge on any atom is 0.282 e. The number of nitriles is 1. The molecule has 2 atom stereocenters. The maximum absolute atomic E-state index is 15.1. The molecule has 0 radical (unpaired) electrons. The third-order valence-electron chi connectivity index (χ3n) is 8.48. The molecule has 0 spiro atoms. The summed E-state index contributed by atoms with van der Waals surface area (Å²) in [4.78, 5) is 35.2. The number of anilines is 1. The molecule has 1 unspecified atom stereocenters. The van der Waals surface area contributed by atoms with Crippen molar-refractivity contribution in [3.05, 3.63) is 80.7 Å². The molecule has 1 aromatic heterocycles. The van der Waals surface area contributed by atoms with Crippen LogP contribution in [-0.4, -0.2) is 78.7 Å². The molecule has 0 saturated carbocycles. The van der Waals surface area contributed by atoms with Gasteiger partial charge in [-0.25, -0.2) is 19.7 Å². The lowest BCUT2D eigenvalue weighted by molar-refractivity contribution is -0.131. The van der Waals surface area contributed by atoms with Crippen LogP contribution >= 0.6 is 11.6 Å². The number of hydrogen-bond acceptors (Lipinski definition) is 6. The topological polar surface area (TPSA) is 86.2 Å². The highest BCUT2D eigenvalue weighted by Gasteiger charge is 2.38. The number of aromatic nitrogens is 1. The van der Waals surface area contributed by atoms with Gasteiger partial charge in [-0.1, -0.05) is 18.2 Å². The van der Waals surface area contributed by atoms with E-state index >= 15 is 4.39 Å². The lowest BCUT2D eigenvalue weighted by Gasteiger charge is -2.41. The van der Waals surface area contributed by atoms with E-state index < -0.39 is 41.0 Å². The molecule has 9 nitrogen and oxygen atoms in total. The van der Waals surface area contributed by atoms with Crippen molar-refractivity contribution < 1.29 is 22.7 Å². The molecule has 2 aromatic carbocycles. The van der Waals surface area contributed by atoms with E-state index in [2.05, 4.69) is 22.4 Å². The molecule has 1 amide bonds. The first-order chi connectivity index (χ1) is 21.1. The molecular weight excluding hydrogens is 597 g/mol. The average molecular weight is 623 g/mol. The van der Waals surface area contributed by atoms with Crippen LogP contribution in [0.4, 0.5) is 18.9 Å². The van der Waals surface area contributed by atoms with Gasteiger partial charge in [0.1, 0.15) is 35.9 Å². The van der Waals surface area contributed by atoms with Crippen LogP contribution in [0.5, 0.6) is 5.75 Å².